The number of ether oxygens (including phenoxy) is 2. The fourth-order valence-corrected chi connectivity index (χ4v) is 1.12. The minimum atomic E-state index is 0.131. The fourth-order valence-electron chi connectivity index (χ4n) is 1.12. The lowest BCUT2D eigenvalue weighted by Crippen LogP contribution is -2.37. The number of nitrogens with one attached hydrogen (secondary N) is 1. The Kier molecular flexibility index (Phi) is 9.41. The molecule has 0 aromatic heterocycles. The van der Waals surface area contributed by atoms with E-state index in [9.17, 15) is 0 Å². The van der Waals surface area contributed by atoms with E-state index in [1.165, 1.54) is 6.42 Å². The van der Waals surface area contributed by atoms with E-state index < -0.39 is 0 Å². The van der Waals surface area contributed by atoms with Gasteiger partial charge in [-0.2, -0.15) is 0 Å². The van der Waals surface area contributed by atoms with Gasteiger partial charge in [0.05, 0.1) is 19.8 Å². The summed E-state index contributed by atoms with van der Waals surface area (Å²) in [4.78, 5) is 0. The van der Waals surface area contributed by atoms with Crippen molar-refractivity contribution >= 4 is 0 Å². The third-order valence-corrected chi connectivity index (χ3v) is 2.19. The van der Waals surface area contributed by atoms with Gasteiger partial charge >= 0.3 is 0 Å². The molecule has 0 heterocycles. The molecule has 0 aliphatic carbocycles. The van der Waals surface area contributed by atoms with Gasteiger partial charge < -0.3 is 14.8 Å². The lowest BCUT2D eigenvalue weighted by molar-refractivity contribution is 0.0546. The molecule has 0 rings (SSSR count). The summed E-state index contributed by atoms with van der Waals surface area (Å²) in [5, 5.41) is 3.38. The van der Waals surface area contributed by atoms with E-state index in [0.29, 0.717) is 19.8 Å². The van der Waals surface area contributed by atoms with Crippen LogP contribution in [-0.2, 0) is 9.47 Å². The van der Waals surface area contributed by atoms with Crippen molar-refractivity contribution in [3.63, 3.8) is 0 Å². The largest absolute Gasteiger partial charge is 0.379 e. The summed E-state index contributed by atoms with van der Waals surface area (Å²) < 4.78 is 10.9. The number of hydrogen-bond donors (Lipinski definition) is 1. The first kappa shape index (κ1) is 16.6. The maximum absolute atomic E-state index is 5.48. The molecule has 1 N–H and O–H groups in total. The predicted octanol–water partition coefficient (Wildman–Crippen LogP) is 2.76. The Morgan fingerprint density at radius 1 is 1.12 bits per heavy atom. The van der Waals surface area contributed by atoms with Crippen molar-refractivity contribution in [3.8, 4) is 0 Å². The molecule has 0 aromatic rings. The Labute approximate surface area is 107 Å². The summed E-state index contributed by atoms with van der Waals surface area (Å²) in [7, 11) is 0. The van der Waals surface area contributed by atoms with Crippen molar-refractivity contribution in [1.29, 1.82) is 0 Å². The Balaban J connectivity index is 3.28. The van der Waals surface area contributed by atoms with Gasteiger partial charge in [0.1, 0.15) is 0 Å². The van der Waals surface area contributed by atoms with Gasteiger partial charge in [0, 0.05) is 18.7 Å². The molecule has 17 heavy (non-hydrogen) atoms. The standard InChI is InChI=1S/C14H29NO2/c1-6-7-8-16-9-10-17-12-13(2)11-15-14(3,4)5/h15H,2,6-12H2,1,3-5H3. The second-order valence-electron chi connectivity index (χ2n) is 5.37. The third kappa shape index (κ3) is 13.6. The van der Waals surface area contributed by atoms with Crippen molar-refractivity contribution in [2.24, 2.45) is 0 Å². The van der Waals surface area contributed by atoms with Crippen molar-refractivity contribution in [1.82, 2.24) is 5.32 Å². The average molecular weight is 243 g/mol. The van der Waals surface area contributed by atoms with Crippen LogP contribution >= 0.6 is 0 Å². The quantitative estimate of drug-likeness (QED) is 0.473. The van der Waals surface area contributed by atoms with E-state index in [-0.39, 0.29) is 5.54 Å². The molecule has 0 aliphatic rings. The zero-order valence-electron chi connectivity index (χ0n) is 12.0. The minimum absolute atomic E-state index is 0.131. The smallest absolute Gasteiger partial charge is 0.0704 e. The third-order valence-electron chi connectivity index (χ3n) is 2.19. The van der Waals surface area contributed by atoms with Crippen LogP contribution in [0.15, 0.2) is 12.2 Å². The van der Waals surface area contributed by atoms with Crippen molar-refractivity contribution < 1.29 is 9.47 Å². The van der Waals surface area contributed by atoms with Crippen LogP contribution in [0.1, 0.15) is 40.5 Å². The van der Waals surface area contributed by atoms with E-state index in [1.54, 1.807) is 0 Å². The van der Waals surface area contributed by atoms with E-state index >= 15 is 0 Å². The fraction of sp³-hybridized carbons (Fsp3) is 0.857. The number of rotatable bonds is 10. The van der Waals surface area contributed by atoms with Gasteiger partial charge in [0.25, 0.3) is 0 Å². The molecule has 0 aliphatic heterocycles. The number of unbranched alkanes of at least 4 members (excludes halogenated alkanes) is 1. The zero-order valence-corrected chi connectivity index (χ0v) is 12.0. The van der Waals surface area contributed by atoms with E-state index in [4.69, 9.17) is 9.47 Å². The van der Waals surface area contributed by atoms with Crippen LogP contribution in [0.5, 0.6) is 0 Å². The first-order chi connectivity index (χ1) is 7.95. The minimum Gasteiger partial charge on any atom is -0.379 e. The molecule has 0 fully saturated rings. The highest BCUT2D eigenvalue weighted by Gasteiger charge is 2.08. The van der Waals surface area contributed by atoms with Crippen LogP contribution in [-0.4, -0.2) is 38.5 Å². The second-order valence-corrected chi connectivity index (χ2v) is 5.37. The Bertz CT molecular complexity index is 197. The maximum atomic E-state index is 5.48. The van der Waals surface area contributed by atoms with E-state index in [1.807, 2.05) is 0 Å². The monoisotopic (exact) mass is 243 g/mol. The first-order valence-electron chi connectivity index (χ1n) is 6.53. The summed E-state index contributed by atoms with van der Waals surface area (Å²) in [6, 6.07) is 0. The molecule has 0 bridgehead atoms. The summed E-state index contributed by atoms with van der Waals surface area (Å²) in [5.74, 6) is 0. The highest BCUT2D eigenvalue weighted by atomic mass is 16.5. The molecular formula is C14H29NO2. The van der Waals surface area contributed by atoms with Gasteiger partial charge in [-0.1, -0.05) is 19.9 Å². The Morgan fingerprint density at radius 2 is 1.76 bits per heavy atom. The Hall–Kier alpha value is -0.380. The highest BCUT2D eigenvalue weighted by molar-refractivity contribution is 4.98. The summed E-state index contributed by atoms with van der Waals surface area (Å²) in [6.45, 7) is 16.1. The molecule has 0 radical (unpaired) electrons. The lowest BCUT2D eigenvalue weighted by atomic mass is 10.1. The SMILES string of the molecule is C=C(CNC(C)(C)C)COCCOCCCC. The maximum Gasteiger partial charge on any atom is 0.0704 e. The van der Waals surface area contributed by atoms with Gasteiger partial charge in [0.2, 0.25) is 0 Å². The molecule has 0 amide bonds. The molecule has 0 aromatic carbocycles. The topological polar surface area (TPSA) is 30.5 Å². The predicted molar refractivity (Wildman–Crippen MR) is 73.4 cm³/mol. The van der Waals surface area contributed by atoms with Crippen molar-refractivity contribution in [3.05, 3.63) is 12.2 Å². The molecule has 0 saturated heterocycles. The van der Waals surface area contributed by atoms with Crippen LogP contribution in [0.4, 0.5) is 0 Å². The lowest BCUT2D eigenvalue weighted by Gasteiger charge is -2.21. The van der Waals surface area contributed by atoms with Crippen LogP contribution in [0.2, 0.25) is 0 Å². The summed E-state index contributed by atoms with van der Waals surface area (Å²) in [5.41, 5.74) is 1.21. The molecule has 0 spiro atoms. The zero-order chi connectivity index (χ0) is 13.1. The Morgan fingerprint density at radius 3 is 2.35 bits per heavy atom. The molecule has 0 unspecified atom stereocenters. The van der Waals surface area contributed by atoms with E-state index in [2.05, 4.69) is 39.6 Å². The normalized spacial score (nSPS) is 11.8. The molecule has 102 valence electrons. The number of hydrogen-bond acceptors (Lipinski definition) is 3. The highest BCUT2D eigenvalue weighted by Crippen LogP contribution is 2.00. The van der Waals surface area contributed by atoms with Crippen molar-refractivity contribution in [2.45, 2.75) is 46.1 Å². The first-order valence-corrected chi connectivity index (χ1v) is 6.53. The molecular weight excluding hydrogens is 214 g/mol. The molecule has 0 atom stereocenters. The van der Waals surface area contributed by atoms with Crippen LogP contribution < -0.4 is 5.32 Å². The van der Waals surface area contributed by atoms with Gasteiger partial charge in [0.15, 0.2) is 0 Å². The van der Waals surface area contributed by atoms with Gasteiger partial charge in [-0.3, -0.25) is 0 Å². The average Bonchev–Trinajstić information content (AvgIpc) is 2.24. The van der Waals surface area contributed by atoms with Crippen LogP contribution in [0, 0.1) is 0 Å². The summed E-state index contributed by atoms with van der Waals surface area (Å²) >= 11 is 0. The summed E-state index contributed by atoms with van der Waals surface area (Å²) in [6.07, 6.45) is 2.30. The molecule has 3 heteroatoms. The molecule has 3 nitrogen and oxygen atoms in total. The van der Waals surface area contributed by atoms with Gasteiger partial charge in [-0.15, -0.1) is 0 Å². The van der Waals surface area contributed by atoms with E-state index in [0.717, 1.165) is 25.1 Å². The van der Waals surface area contributed by atoms with Gasteiger partial charge in [-0.25, -0.2) is 0 Å². The van der Waals surface area contributed by atoms with Gasteiger partial charge in [-0.05, 0) is 32.8 Å². The van der Waals surface area contributed by atoms with Crippen molar-refractivity contribution in [2.75, 3.05) is 33.0 Å². The second kappa shape index (κ2) is 9.63. The van der Waals surface area contributed by atoms with Crippen LogP contribution in [0.25, 0.3) is 0 Å². The van der Waals surface area contributed by atoms with Crippen LogP contribution in [0.3, 0.4) is 0 Å². The molecule has 0 saturated carbocycles.